The summed E-state index contributed by atoms with van der Waals surface area (Å²) in [5.41, 5.74) is 1.48. The van der Waals surface area contributed by atoms with Crippen molar-refractivity contribution in [1.29, 1.82) is 0 Å². The van der Waals surface area contributed by atoms with Crippen molar-refractivity contribution in [3.05, 3.63) is 23.3 Å². The molecule has 0 bridgehead atoms. The summed E-state index contributed by atoms with van der Waals surface area (Å²) in [6, 6.07) is 3.41. The molecular weight excluding hydrogens is 204 g/mol. The van der Waals surface area contributed by atoms with Gasteiger partial charge in [-0.2, -0.15) is 0 Å². The van der Waals surface area contributed by atoms with E-state index >= 15 is 0 Å². The van der Waals surface area contributed by atoms with Crippen LogP contribution < -0.4 is 0 Å². The maximum atomic E-state index is 9.83. The Morgan fingerprint density at radius 2 is 1.31 bits per heavy atom. The highest BCUT2D eigenvalue weighted by Crippen LogP contribution is 2.29. The monoisotopic (exact) mass is 224 g/mol. The van der Waals surface area contributed by atoms with Crippen molar-refractivity contribution in [3.8, 4) is 11.5 Å². The fourth-order valence-electron chi connectivity index (χ4n) is 1.63. The van der Waals surface area contributed by atoms with Crippen LogP contribution in [0.15, 0.2) is 12.1 Å². The quantitative estimate of drug-likeness (QED) is 0.807. The largest absolute Gasteiger partial charge is 0.507 e. The average molecular weight is 224 g/mol. The first-order valence-electron chi connectivity index (χ1n) is 5.23. The van der Waals surface area contributed by atoms with E-state index in [1.54, 1.807) is 12.1 Å². The predicted molar refractivity (Wildman–Crippen MR) is 64.6 cm³/mol. The molecule has 16 heavy (non-hydrogen) atoms. The van der Waals surface area contributed by atoms with Crippen LogP contribution >= 0.6 is 0 Å². The molecule has 4 heteroatoms. The Kier molecular flexibility index (Phi) is 4.15. The third-order valence-corrected chi connectivity index (χ3v) is 2.24. The van der Waals surface area contributed by atoms with Crippen molar-refractivity contribution in [2.45, 2.75) is 13.1 Å². The summed E-state index contributed by atoms with van der Waals surface area (Å²) < 4.78 is 0. The highest BCUT2D eigenvalue weighted by Gasteiger charge is 2.10. The molecule has 0 heterocycles. The molecule has 0 radical (unpaired) electrons. The molecule has 0 saturated carbocycles. The molecule has 1 rings (SSSR count). The van der Waals surface area contributed by atoms with Gasteiger partial charge >= 0.3 is 0 Å². The van der Waals surface area contributed by atoms with Crippen LogP contribution in [-0.2, 0) is 13.1 Å². The molecule has 2 N–H and O–H groups in total. The summed E-state index contributed by atoms with van der Waals surface area (Å²) >= 11 is 0. The van der Waals surface area contributed by atoms with E-state index in [1.165, 1.54) is 0 Å². The van der Waals surface area contributed by atoms with E-state index in [-0.39, 0.29) is 11.5 Å². The molecular formula is C12H20N2O2. The summed E-state index contributed by atoms with van der Waals surface area (Å²) in [5, 5.41) is 19.7. The lowest BCUT2D eigenvalue weighted by molar-refractivity contribution is 0.364. The van der Waals surface area contributed by atoms with Gasteiger partial charge < -0.3 is 20.0 Å². The van der Waals surface area contributed by atoms with Crippen LogP contribution in [0.5, 0.6) is 11.5 Å². The number of aromatic hydroxyl groups is 2. The van der Waals surface area contributed by atoms with Crippen molar-refractivity contribution in [1.82, 2.24) is 9.80 Å². The topological polar surface area (TPSA) is 46.9 Å². The molecule has 0 amide bonds. The van der Waals surface area contributed by atoms with Crippen molar-refractivity contribution in [3.63, 3.8) is 0 Å². The Morgan fingerprint density at radius 1 is 0.875 bits per heavy atom. The van der Waals surface area contributed by atoms with E-state index < -0.39 is 0 Å². The first-order chi connectivity index (χ1) is 7.40. The van der Waals surface area contributed by atoms with Gasteiger partial charge in [-0.05, 0) is 45.9 Å². The number of rotatable bonds is 4. The minimum absolute atomic E-state index is 0.158. The van der Waals surface area contributed by atoms with Gasteiger partial charge in [-0.15, -0.1) is 0 Å². The van der Waals surface area contributed by atoms with Gasteiger partial charge in [0.2, 0.25) is 0 Å². The minimum atomic E-state index is 0.158. The molecule has 90 valence electrons. The van der Waals surface area contributed by atoms with E-state index in [4.69, 9.17) is 0 Å². The van der Waals surface area contributed by atoms with Gasteiger partial charge in [0, 0.05) is 18.7 Å². The minimum Gasteiger partial charge on any atom is -0.507 e. The van der Waals surface area contributed by atoms with Crippen LogP contribution in [0.2, 0.25) is 0 Å². The third-order valence-electron chi connectivity index (χ3n) is 2.24. The smallest absolute Gasteiger partial charge is 0.124 e. The number of phenols is 2. The Bertz CT molecular complexity index is 339. The van der Waals surface area contributed by atoms with Crippen LogP contribution in [0.3, 0.4) is 0 Å². The highest BCUT2D eigenvalue weighted by molar-refractivity contribution is 5.46. The zero-order valence-electron chi connectivity index (χ0n) is 10.4. The highest BCUT2D eigenvalue weighted by atomic mass is 16.3. The normalized spacial score (nSPS) is 11.4. The fourth-order valence-corrected chi connectivity index (χ4v) is 1.63. The summed E-state index contributed by atoms with van der Waals surface area (Å²) in [7, 11) is 7.68. The molecule has 0 saturated heterocycles. The van der Waals surface area contributed by atoms with E-state index in [1.807, 2.05) is 38.0 Å². The lowest BCUT2D eigenvalue weighted by atomic mass is 10.1. The van der Waals surface area contributed by atoms with Crippen molar-refractivity contribution >= 4 is 0 Å². The predicted octanol–water partition coefficient (Wildman–Crippen LogP) is 1.22. The first-order valence-corrected chi connectivity index (χ1v) is 5.23. The lowest BCUT2D eigenvalue weighted by Crippen LogP contribution is -2.12. The van der Waals surface area contributed by atoms with Gasteiger partial charge in [-0.25, -0.2) is 0 Å². The number of phenolic OH excluding ortho intramolecular Hbond substituents is 2. The molecule has 0 aliphatic carbocycles. The van der Waals surface area contributed by atoms with Gasteiger partial charge in [0.15, 0.2) is 0 Å². The third kappa shape index (κ3) is 3.40. The van der Waals surface area contributed by atoms with Crippen molar-refractivity contribution < 1.29 is 10.2 Å². The maximum Gasteiger partial charge on any atom is 0.124 e. The van der Waals surface area contributed by atoms with Gasteiger partial charge in [0.1, 0.15) is 11.5 Å². The first kappa shape index (κ1) is 12.8. The Balaban J connectivity index is 2.98. The molecule has 0 aliphatic heterocycles. The molecule has 1 aromatic rings. The molecule has 0 atom stereocenters. The van der Waals surface area contributed by atoms with Gasteiger partial charge in [-0.3, -0.25) is 0 Å². The number of benzene rings is 1. The summed E-state index contributed by atoms with van der Waals surface area (Å²) in [4.78, 5) is 3.89. The number of hydrogen-bond donors (Lipinski definition) is 2. The average Bonchev–Trinajstić information content (AvgIpc) is 2.10. The number of nitrogens with zero attached hydrogens (tertiary/aromatic N) is 2. The zero-order chi connectivity index (χ0) is 12.3. The van der Waals surface area contributed by atoms with E-state index in [0.717, 1.165) is 5.56 Å². The van der Waals surface area contributed by atoms with E-state index in [9.17, 15) is 10.2 Å². The lowest BCUT2D eigenvalue weighted by Gasteiger charge is -2.15. The Morgan fingerprint density at radius 3 is 1.69 bits per heavy atom. The van der Waals surface area contributed by atoms with Crippen LogP contribution in [-0.4, -0.2) is 48.2 Å². The summed E-state index contributed by atoms with van der Waals surface area (Å²) in [6.07, 6.45) is 0. The zero-order valence-corrected chi connectivity index (χ0v) is 10.4. The molecule has 4 nitrogen and oxygen atoms in total. The molecule has 0 fully saturated rings. The fraction of sp³-hybridized carbons (Fsp3) is 0.500. The van der Waals surface area contributed by atoms with E-state index in [2.05, 4.69) is 0 Å². The molecule has 0 unspecified atom stereocenters. The van der Waals surface area contributed by atoms with Crippen LogP contribution in [0.4, 0.5) is 0 Å². The standard InChI is InChI=1S/C12H20N2O2/c1-13(2)7-9-5-11(15)10(8-14(3)4)12(16)6-9/h5-6,15-16H,7-8H2,1-4H3. The second-order valence-corrected chi connectivity index (χ2v) is 4.59. The van der Waals surface area contributed by atoms with Crippen LogP contribution in [0.1, 0.15) is 11.1 Å². The van der Waals surface area contributed by atoms with Crippen molar-refractivity contribution in [2.24, 2.45) is 0 Å². The SMILES string of the molecule is CN(C)Cc1cc(O)c(CN(C)C)c(O)c1. The summed E-state index contributed by atoms with van der Waals surface area (Å²) in [6.45, 7) is 1.23. The molecule has 1 aromatic carbocycles. The molecule has 0 aromatic heterocycles. The second kappa shape index (κ2) is 5.18. The molecule has 0 aliphatic rings. The van der Waals surface area contributed by atoms with Crippen LogP contribution in [0.25, 0.3) is 0 Å². The van der Waals surface area contributed by atoms with Gasteiger partial charge in [-0.1, -0.05) is 0 Å². The Hall–Kier alpha value is -1.26. The second-order valence-electron chi connectivity index (χ2n) is 4.59. The molecule has 0 spiro atoms. The maximum absolute atomic E-state index is 9.83. The van der Waals surface area contributed by atoms with Gasteiger partial charge in [0.05, 0.1) is 0 Å². The summed E-state index contributed by atoms with van der Waals surface area (Å²) in [5.74, 6) is 0.316. The Labute approximate surface area is 96.7 Å². The van der Waals surface area contributed by atoms with Crippen LogP contribution in [0, 0.1) is 0 Å². The van der Waals surface area contributed by atoms with E-state index in [0.29, 0.717) is 18.7 Å². The van der Waals surface area contributed by atoms with Gasteiger partial charge in [0.25, 0.3) is 0 Å². The van der Waals surface area contributed by atoms with Crippen molar-refractivity contribution in [2.75, 3.05) is 28.2 Å². The number of hydrogen-bond acceptors (Lipinski definition) is 4.